The molecule has 0 radical (unpaired) electrons. The third kappa shape index (κ3) is 3.81. The van der Waals surface area contributed by atoms with Crippen LogP contribution >= 0.6 is 0 Å². The van der Waals surface area contributed by atoms with Crippen LogP contribution in [-0.2, 0) is 0 Å². The summed E-state index contributed by atoms with van der Waals surface area (Å²) in [4.78, 5) is 0. The second-order valence-electron chi connectivity index (χ2n) is 5.56. The number of rotatable bonds is 5. The lowest BCUT2D eigenvalue weighted by Crippen LogP contribution is -2.40. The Labute approximate surface area is 116 Å². The van der Waals surface area contributed by atoms with E-state index in [1.807, 2.05) is 30.3 Å². The van der Waals surface area contributed by atoms with Gasteiger partial charge < -0.3 is 5.32 Å². The molecular weight excluding hydrogens is 232 g/mol. The minimum absolute atomic E-state index is 0.0272. The van der Waals surface area contributed by atoms with Crippen LogP contribution in [0.4, 0.5) is 0 Å². The van der Waals surface area contributed by atoms with Gasteiger partial charge in [0.25, 0.3) is 0 Å². The molecule has 2 heteroatoms. The molecule has 1 fully saturated rings. The number of benzene rings is 1. The van der Waals surface area contributed by atoms with E-state index in [-0.39, 0.29) is 5.92 Å². The van der Waals surface area contributed by atoms with Gasteiger partial charge in [0.15, 0.2) is 0 Å². The Kier molecular flexibility index (Phi) is 5.42. The molecular formula is C17H24N2. The van der Waals surface area contributed by atoms with Crippen molar-refractivity contribution < 1.29 is 0 Å². The third-order valence-corrected chi connectivity index (χ3v) is 4.38. The highest BCUT2D eigenvalue weighted by Crippen LogP contribution is 2.27. The summed E-state index contributed by atoms with van der Waals surface area (Å²) in [5, 5.41) is 13.0. The molecule has 2 rings (SSSR count). The first-order valence-electron chi connectivity index (χ1n) is 7.53. The number of hydrogen-bond donors (Lipinski definition) is 1. The van der Waals surface area contributed by atoms with Gasteiger partial charge in [-0.3, -0.25) is 0 Å². The highest BCUT2D eigenvalue weighted by Gasteiger charge is 2.24. The highest BCUT2D eigenvalue weighted by molar-refractivity contribution is 5.25. The molecule has 102 valence electrons. The average molecular weight is 256 g/mol. The first kappa shape index (κ1) is 14.1. The fraction of sp³-hybridized carbons (Fsp3) is 0.588. The lowest BCUT2D eigenvalue weighted by molar-refractivity contribution is 0.255. The molecule has 0 aromatic heterocycles. The van der Waals surface area contributed by atoms with E-state index in [0.717, 1.165) is 18.0 Å². The van der Waals surface area contributed by atoms with Crippen LogP contribution in [0.3, 0.4) is 0 Å². The van der Waals surface area contributed by atoms with Crippen molar-refractivity contribution in [1.82, 2.24) is 5.32 Å². The van der Waals surface area contributed by atoms with Crippen LogP contribution < -0.4 is 5.32 Å². The van der Waals surface area contributed by atoms with Crippen LogP contribution in [0.1, 0.15) is 50.5 Å². The van der Waals surface area contributed by atoms with Crippen molar-refractivity contribution in [3.05, 3.63) is 35.9 Å². The molecule has 0 saturated heterocycles. The minimum Gasteiger partial charge on any atom is -0.312 e. The van der Waals surface area contributed by atoms with E-state index in [0.29, 0.717) is 6.04 Å². The maximum atomic E-state index is 9.34. The normalized spacial score (nSPS) is 24.6. The molecule has 1 aromatic carbocycles. The van der Waals surface area contributed by atoms with Gasteiger partial charge in [0.1, 0.15) is 0 Å². The molecule has 3 unspecified atom stereocenters. The Morgan fingerprint density at radius 1 is 1.26 bits per heavy atom. The number of nitrogens with one attached hydrogen (secondary N) is 1. The Hall–Kier alpha value is -1.33. The van der Waals surface area contributed by atoms with E-state index < -0.39 is 0 Å². The smallest absolute Gasteiger partial charge is 0.0837 e. The van der Waals surface area contributed by atoms with Crippen molar-refractivity contribution in [2.75, 3.05) is 6.54 Å². The van der Waals surface area contributed by atoms with Gasteiger partial charge in [-0.15, -0.1) is 0 Å². The molecule has 0 amide bonds. The van der Waals surface area contributed by atoms with Gasteiger partial charge in [0, 0.05) is 12.6 Å². The molecule has 2 nitrogen and oxygen atoms in total. The van der Waals surface area contributed by atoms with Crippen LogP contribution in [0, 0.1) is 17.2 Å². The van der Waals surface area contributed by atoms with Gasteiger partial charge >= 0.3 is 0 Å². The Balaban J connectivity index is 1.91. The molecule has 0 aliphatic heterocycles. The molecule has 1 aliphatic carbocycles. The quantitative estimate of drug-likeness (QED) is 0.868. The maximum Gasteiger partial charge on any atom is 0.0837 e. The lowest BCUT2D eigenvalue weighted by Gasteiger charge is -2.32. The van der Waals surface area contributed by atoms with Gasteiger partial charge in [-0.05, 0) is 24.3 Å². The zero-order valence-electron chi connectivity index (χ0n) is 11.8. The fourth-order valence-electron chi connectivity index (χ4n) is 3.16. The van der Waals surface area contributed by atoms with E-state index in [2.05, 4.69) is 18.3 Å². The third-order valence-electron chi connectivity index (χ3n) is 4.38. The summed E-state index contributed by atoms with van der Waals surface area (Å²) in [5.74, 6) is 0.768. The van der Waals surface area contributed by atoms with E-state index in [9.17, 15) is 5.26 Å². The fourth-order valence-corrected chi connectivity index (χ4v) is 3.16. The summed E-state index contributed by atoms with van der Waals surface area (Å²) in [6.45, 7) is 3.06. The van der Waals surface area contributed by atoms with Crippen LogP contribution in [0.5, 0.6) is 0 Å². The molecule has 0 spiro atoms. The first-order valence-corrected chi connectivity index (χ1v) is 7.53. The van der Waals surface area contributed by atoms with Crippen molar-refractivity contribution >= 4 is 0 Å². The minimum atomic E-state index is -0.0272. The van der Waals surface area contributed by atoms with Crippen LogP contribution in [-0.4, -0.2) is 12.6 Å². The largest absolute Gasteiger partial charge is 0.312 e. The van der Waals surface area contributed by atoms with E-state index >= 15 is 0 Å². The summed E-state index contributed by atoms with van der Waals surface area (Å²) in [6, 6.07) is 13.2. The Morgan fingerprint density at radius 2 is 2.00 bits per heavy atom. The number of nitriles is 1. The molecule has 3 atom stereocenters. The summed E-state index contributed by atoms with van der Waals surface area (Å²) < 4.78 is 0. The predicted molar refractivity (Wildman–Crippen MR) is 78.8 cm³/mol. The molecule has 19 heavy (non-hydrogen) atoms. The molecule has 1 aromatic rings. The van der Waals surface area contributed by atoms with Crippen molar-refractivity contribution in [3.63, 3.8) is 0 Å². The van der Waals surface area contributed by atoms with E-state index in [1.165, 1.54) is 32.1 Å². The lowest BCUT2D eigenvalue weighted by atomic mass is 9.82. The topological polar surface area (TPSA) is 35.8 Å². The summed E-state index contributed by atoms with van der Waals surface area (Å²) in [5.41, 5.74) is 1.13. The van der Waals surface area contributed by atoms with Crippen LogP contribution in [0.15, 0.2) is 30.3 Å². The zero-order chi connectivity index (χ0) is 13.5. The van der Waals surface area contributed by atoms with E-state index in [4.69, 9.17) is 0 Å². The van der Waals surface area contributed by atoms with Crippen molar-refractivity contribution in [2.45, 2.75) is 51.0 Å². The molecule has 0 heterocycles. The van der Waals surface area contributed by atoms with Gasteiger partial charge in [0.2, 0.25) is 0 Å². The summed E-state index contributed by atoms with van der Waals surface area (Å²) in [7, 11) is 0. The van der Waals surface area contributed by atoms with E-state index in [1.54, 1.807) is 0 Å². The number of nitrogens with zero attached hydrogens (tertiary/aromatic N) is 1. The summed E-state index contributed by atoms with van der Waals surface area (Å²) >= 11 is 0. The van der Waals surface area contributed by atoms with Crippen molar-refractivity contribution in [1.29, 1.82) is 5.26 Å². The maximum absolute atomic E-state index is 9.34. The van der Waals surface area contributed by atoms with Crippen LogP contribution in [0.2, 0.25) is 0 Å². The zero-order valence-corrected chi connectivity index (χ0v) is 11.8. The first-order chi connectivity index (χ1) is 9.35. The molecule has 1 aliphatic rings. The second-order valence-corrected chi connectivity index (χ2v) is 5.56. The van der Waals surface area contributed by atoms with Crippen LogP contribution in [0.25, 0.3) is 0 Å². The second kappa shape index (κ2) is 7.31. The van der Waals surface area contributed by atoms with Gasteiger partial charge in [-0.25, -0.2) is 0 Å². The Morgan fingerprint density at radius 3 is 2.68 bits per heavy atom. The van der Waals surface area contributed by atoms with Gasteiger partial charge in [-0.1, -0.05) is 56.5 Å². The van der Waals surface area contributed by atoms with Crippen molar-refractivity contribution in [3.8, 4) is 6.07 Å². The summed E-state index contributed by atoms with van der Waals surface area (Å²) in [6.07, 6.45) is 6.57. The molecule has 1 saturated carbocycles. The molecule has 0 bridgehead atoms. The monoisotopic (exact) mass is 256 g/mol. The predicted octanol–water partition coefficient (Wildman–Crippen LogP) is 3.85. The number of hydrogen-bond acceptors (Lipinski definition) is 2. The SMILES string of the molecule is CCC1CCCCC1NCC(C#N)c1ccccc1. The standard InChI is InChI=1S/C17H24N2/c1-2-14-8-6-7-11-17(14)19-13-16(12-18)15-9-4-3-5-10-15/h3-5,9-10,14,16-17,19H,2,6-8,11,13H2,1H3. The van der Waals surface area contributed by atoms with Crippen molar-refractivity contribution in [2.24, 2.45) is 5.92 Å². The average Bonchev–Trinajstić information content (AvgIpc) is 2.49. The molecule has 1 N–H and O–H groups in total. The Bertz CT molecular complexity index is 407. The van der Waals surface area contributed by atoms with Gasteiger partial charge in [-0.2, -0.15) is 5.26 Å². The van der Waals surface area contributed by atoms with Gasteiger partial charge in [0.05, 0.1) is 12.0 Å². The highest BCUT2D eigenvalue weighted by atomic mass is 14.9.